The molecule has 0 unspecified atom stereocenters. The fourth-order valence-electron chi connectivity index (χ4n) is 2.11. The van der Waals surface area contributed by atoms with Crippen molar-refractivity contribution in [2.24, 2.45) is 7.05 Å². The van der Waals surface area contributed by atoms with E-state index in [2.05, 4.69) is 5.10 Å². The van der Waals surface area contributed by atoms with E-state index in [1.165, 1.54) is 6.20 Å². The van der Waals surface area contributed by atoms with Crippen LogP contribution in [0.1, 0.15) is 15.9 Å². The summed E-state index contributed by atoms with van der Waals surface area (Å²) in [5, 5.41) is 4.11. The normalized spacial score (nSPS) is 10.3. The molecule has 19 heavy (non-hydrogen) atoms. The van der Waals surface area contributed by atoms with E-state index < -0.39 is 0 Å². The second kappa shape index (κ2) is 5.14. The number of aryl methyl sites for hydroxylation is 2. The van der Waals surface area contributed by atoms with Gasteiger partial charge in [0.25, 0.3) is 0 Å². The minimum atomic E-state index is 0.520. The third kappa shape index (κ3) is 2.19. The predicted octanol–water partition coefficient (Wildman–Crippen LogP) is 2.23. The topological polar surface area (TPSA) is 53.3 Å². The first-order valence-corrected chi connectivity index (χ1v) is 5.82. The third-order valence-corrected chi connectivity index (χ3v) is 3.07. The molecule has 1 heterocycles. The number of hydrogen-bond donors (Lipinski definition) is 0. The van der Waals surface area contributed by atoms with Crippen LogP contribution in [0.5, 0.6) is 11.5 Å². The third-order valence-electron chi connectivity index (χ3n) is 3.07. The van der Waals surface area contributed by atoms with Crippen molar-refractivity contribution in [1.29, 1.82) is 0 Å². The molecule has 0 saturated heterocycles. The molecule has 2 aromatic rings. The first kappa shape index (κ1) is 13.1. The summed E-state index contributed by atoms with van der Waals surface area (Å²) in [6, 6.07) is 3.74. The number of methoxy groups -OCH3 is 2. The van der Waals surface area contributed by atoms with E-state index >= 15 is 0 Å². The molecule has 0 saturated carbocycles. The van der Waals surface area contributed by atoms with Crippen molar-refractivity contribution < 1.29 is 14.3 Å². The second-order valence-corrected chi connectivity index (χ2v) is 4.21. The first-order valence-electron chi connectivity index (χ1n) is 5.82. The van der Waals surface area contributed by atoms with Gasteiger partial charge in [0.1, 0.15) is 11.5 Å². The zero-order valence-electron chi connectivity index (χ0n) is 11.4. The van der Waals surface area contributed by atoms with Gasteiger partial charge in [0.05, 0.1) is 31.7 Å². The molecule has 0 fully saturated rings. The van der Waals surface area contributed by atoms with Crippen LogP contribution in [0, 0.1) is 6.92 Å². The van der Waals surface area contributed by atoms with Crippen LogP contribution in [0.3, 0.4) is 0 Å². The fourth-order valence-corrected chi connectivity index (χ4v) is 2.11. The lowest BCUT2D eigenvalue weighted by Gasteiger charge is -2.13. The quantitative estimate of drug-likeness (QED) is 0.791. The van der Waals surface area contributed by atoms with Crippen molar-refractivity contribution in [2.45, 2.75) is 6.92 Å². The van der Waals surface area contributed by atoms with Crippen LogP contribution in [-0.4, -0.2) is 30.3 Å². The maximum atomic E-state index is 11.1. The number of carbonyl (C=O) groups excluding carboxylic acids is 1. The van der Waals surface area contributed by atoms with Crippen LogP contribution in [0.2, 0.25) is 0 Å². The lowest BCUT2D eigenvalue weighted by molar-refractivity contribution is 0.112. The SMILES string of the molecule is COc1cc(-c2c(C=O)cnn2C)c(OC)cc1C. The molecule has 0 atom stereocenters. The molecular formula is C14H16N2O3. The van der Waals surface area contributed by atoms with Gasteiger partial charge in [0.2, 0.25) is 0 Å². The number of aromatic nitrogens is 2. The zero-order chi connectivity index (χ0) is 14.0. The van der Waals surface area contributed by atoms with Gasteiger partial charge in [-0.05, 0) is 24.6 Å². The minimum Gasteiger partial charge on any atom is -0.496 e. The van der Waals surface area contributed by atoms with Crippen LogP contribution in [-0.2, 0) is 7.05 Å². The smallest absolute Gasteiger partial charge is 0.153 e. The van der Waals surface area contributed by atoms with Crippen molar-refractivity contribution in [3.05, 3.63) is 29.5 Å². The molecule has 2 rings (SSSR count). The lowest BCUT2D eigenvalue weighted by Crippen LogP contribution is -1.99. The van der Waals surface area contributed by atoms with Crippen LogP contribution in [0.4, 0.5) is 0 Å². The van der Waals surface area contributed by atoms with E-state index in [-0.39, 0.29) is 0 Å². The Kier molecular flexibility index (Phi) is 3.55. The Bertz CT molecular complexity index is 617. The molecule has 100 valence electrons. The van der Waals surface area contributed by atoms with Gasteiger partial charge in [0.15, 0.2) is 6.29 Å². The second-order valence-electron chi connectivity index (χ2n) is 4.21. The molecular weight excluding hydrogens is 244 g/mol. The Morgan fingerprint density at radius 2 is 1.89 bits per heavy atom. The Morgan fingerprint density at radius 1 is 1.21 bits per heavy atom. The highest BCUT2D eigenvalue weighted by molar-refractivity contribution is 5.88. The molecule has 0 aliphatic heterocycles. The van der Waals surface area contributed by atoms with Gasteiger partial charge in [-0.25, -0.2) is 0 Å². The summed E-state index contributed by atoms with van der Waals surface area (Å²) >= 11 is 0. The predicted molar refractivity (Wildman–Crippen MR) is 71.9 cm³/mol. The molecule has 0 amide bonds. The van der Waals surface area contributed by atoms with Gasteiger partial charge in [-0.1, -0.05) is 0 Å². The molecule has 0 bridgehead atoms. The first-order chi connectivity index (χ1) is 9.12. The molecule has 0 aliphatic carbocycles. The van der Waals surface area contributed by atoms with Crippen LogP contribution in [0.25, 0.3) is 11.3 Å². The van der Waals surface area contributed by atoms with Crippen LogP contribution >= 0.6 is 0 Å². The number of carbonyl (C=O) groups is 1. The molecule has 0 radical (unpaired) electrons. The number of hydrogen-bond acceptors (Lipinski definition) is 4. The van der Waals surface area contributed by atoms with Gasteiger partial charge in [-0.15, -0.1) is 0 Å². The summed E-state index contributed by atoms with van der Waals surface area (Å²) in [6.07, 6.45) is 2.32. The van der Waals surface area contributed by atoms with E-state index in [1.807, 2.05) is 19.1 Å². The summed E-state index contributed by atoms with van der Waals surface area (Å²) in [6.45, 7) is 1.94. The van der Waals surface area contributed by atoms with Crippen molar-refractivity contribution >= 4 is 6.29 Å². The maximum Gasteiger partial charge on any atom is 0.153 e. The van der Waals surface area contributed by atoms with Crippen LogP contribution in [0.15, 0.2) is 18.3 Å². The average molecular weight is 260 g/mol. The van der Waals surface area contributed by atoms with Crippen molar-refractivity contribution in [3.63, 3.8) is 0 Å². The van der Waals surface area contributed by atoms with Gasteiger partial charge in [0, 0.05) is 12.6 Å². The molecule has 1 aromatic carbocycles. The Morgan fingerprint density at radius 3 is 2.47 bits per heavy atom. The van der Waals surface area contributed by atoms with Gasteiger partial charge >= 0.3 is 0 Å². The Balaban J connectivity index is 2.72. The summed E-state index contributed by atoms with van der Waals surface area (Å²) < 4.78 is 12.4. The van der Waals surface area contributed by atoms with Crippen molar-refractivity contribution in [3.8, 4) is 22.8 Å². The minimum absolute atomic E-state index is 0.520. The van der Waals surface area contributed by atoms with E-state index in [9.17, 15) is 4.79 Å². The number of nitrogens with zero attached hydrogens (tertiary/aromatic N) is 2. The number of rotatable bonds is 4. The number of ether oxygens (including phenoxy) is 2. The van der Waals surface area contributed by atoms with Gasteiger partial charge in [-0.2, -0.15) is 5.10 Å². The molecule has 5 heteroatoms. The van der Waals surface area contributed by atoms with Crippen LogP contribution < -0.4 is 9.47 Å². The molecule has 0 N–H and O–H groups in total. The number of benzene rings is 1. The van der Waals surface area contributed by atoms with Crippen molar-refractivity contribution in [1.82, 2.24) is 9.78 Å². The zero-order valence-corrected chi connectivity index (χ0v) is 11.4. The summed E-state index contributed by atoms with van der Waals surface area (Å²) in [4.78, 5) is 11.1. The molecule has 1 aromatic heterocycles. The largest absolute Gasteiger partial charge is 0.496 e. The van der Waals surface area contributed by atoms with E-state index in [1.54, 1.807) is 25.9 Å². The van der Waals surface area contributed by atoms with Gasteiger partial charge in [-0.3, -0.25) is 9.48 Å². The Labute approximate surface area is 111 Å². The summed E-state index contributed by atoms with van der Waals surface area (Å²) in [5.74, 6) is 1.43. The highest BCUT2D eigenvalue weighted by Gasteiger charge is 2.17. The summed E-state index contributed by atoms with van der Waals surface area (Å²) in [5.41, 5.74) is 2.99. The molecule has 0 spiro atoms. The summed E-state index contributed by atoms with van der Waals surface area (Å²) in [7, 11) is 5.00. The number of aldehydes is 1. The van der Waals surface area contributed by atoms with Gasteiger partial charge < -0.3 is 9.47 Å². The Hall–Kier alpha value is -2.30. The van der Waals surface area contributed by atoms with E-state index in [4.69, 9.17) is 9.47 Å². The highest BCUT2D eigenvalue weighted by Crippen LogP contribution is 2.36. The molecule has 5 nitrogen and oxygen atoms in total. The maximum absolute atomic E-state index is 11.1. The highest BCUT2D eigenvalue weighted by atomic mass is 16.5. The van der Waals surface area contributed by atoms with E-state index in [0.29, 0.717) is 17.0 Å². The standard InChI is InChI=1S/C14H16N2O3/c1-9-5-13(19-4)11(6-12(9)18-3)14-10(8-17)7-15-16(14)2/h5-8H,1-4H3. The monoisotopic (exact) mass is 260 g/mol. The fraction of sp³-hybridized carbons (Fsp3) is 0.286. The van der Waals surface area contributed by atoms with Crippen molar-refractivity contribution in [2.75, 3.05) is 14.2 Å². The van der Waals surface area contributed by atoms with E-state index in [0.717, 1.165) is 23.2 Å². The molecule has 0 aliphatic rings. The average Bonchev–Trinajstić information content (AvgIpc) is 2.79. The lowest BCUT2D eigenvalue weighted by atomic mass is 10.0.